The molecule has 8 nitrogen and oxygen atoms in total. The Balaban J connectivity index is 1.39. The molecule has 2 aliphatic heterocycles. The molecule has 3 aliphatic rings. The number of nitrogens with zero attached hydrogens (tertiary/aromatic N) is 1. The number of rotatable bonds is 6. The van der Waals surface area contributed by atoms with E-state index in [-0.39, 0.29) is 10.5 Å². The lowest BCUT2D eigenvalue weighted by atomic mass is 9.76. The summed E-state index contributed by atoms with van der Waals surface area (Å²) in [5.74, 6) is -0.0400. The number of ketones is 1. The van der Waals surface area contributed by atoms with Crippen LogP contribution in [-0.2, 0) is 21.5 Å². The van der Waals surface area contributed by atoms with Crippen LogP contribution in [0.4, 0.5) is 0 Å². The normalized spacial score (nSPS) is 18.4. The van der Waals surface area contributed by atoms with E-state index in [0.717, 1.165) is 30.7 Å². The first kappa shape index (κ1) is 27.1. The zero-order valence-corrected chi connectivity index (χ0v) is 23.0. The van der Waals surface area contributed by atoms with Crippen molar-refractivity contribution in [2.45, 2.75) is 30.7 Å². The molecule has 1 fully saturated rings. The van der Waals surface area contributed by atoms with Gasteiger partial charge in [-0.2, -0.15) is 8.42 Å². The van der Waals surface area contributed by atoms with Crippen molar-refractivity contribution in [3.63, 3.8) is 0 Å². The number of benzene rings is 3. The Bertz CT molecular complexity index is 1720. The van der Waals surface area contributed by atoms with Gasteiger partial charge in [-0.15, -0.1) is 0 Å². The van der Waals surface area contributed by atoms with Crippen LogP contribution >= 0.6 is 0 Å². The summed E-state index contributed by atoms with van der Waals surface area (Å²) in [6, 6.07) is 19.3. The molecule has 2 N–H and O–H groups in total. The molecular formula is C31H28BNO7S. The lowest BCUT2D eigenvalue weighted by Gasteiger charge is -2.27. The number of carbonyl (C=O) groups excluding carboxylic acids is 1. The number of hydrogen-bond donors (Lipinski definition) is 2. The van der Waals surface area contributed by atoms with Gasteiger partial charge in [0.2, 0.25) is 5.78 Å². The van der Waals surface area contributed by atoms with Crippen molar-refractivity contribution in [1.29, 1.82) is 0 Å². The molecular weight excluding hydrogens is 541 g/mol. The largest absolute Gasteiger partial charge is 0.633 e. The average molecular weight is 569 g/mol. The van der Waals surface area contributed by atoms with Gasteiger partial charge in [0.1, 0.15) is 16.4 Å². The van der Waals surface area contributed by atoms with Crippen LogP contribution in [0.25, 0.3) is 5.57 Å². The number of aliphatic hydroxyl groups is 1. The van der Waals surface area contributed by atoms with Crippen molar-refractivity contribution in [2.24, 2.45) is 0 Å². The third-order valence-electron chi connectivity index (χ3n) is 7.53. The molecule has 0 unspecified atom stereocenters. The highest BCUT2D eigenvalue weighted by Crippen LogP contribution is 2.40. The predicted octanol–water partition coefficient (Wildman–Crippen LogP) is 4.47. The van der Waals surface area contributed by atoms with Gasteiger partial charge in [0.15, 0.2) is 5.76 Å². The number of allylic oxidation sites excluding steroid dienone is 4. The molecule has 1 aliphatic carbocycles. The van der Waals surface area contributed by atoms with E-state index in [1.807, 2.05) is 18.2 Å². The lowest BCUT2D eigenvalue weighted by Crippen LogP contribution is -2.43. The van der Waals surface area contributed by atoms with Crippen LogP contribution in [0.1, 0.15) is 36.0 Å². The molecule has 0 atom stereocenters. The molecule has 1 saturated heterocycles. The number of fused-ring (bicyclic) bond motifs is 1. The maximum absolute atomic E-state index is 12.3. The highest BCUT2D eigenvalue weighted by atomic mass is 32.2. The minimum absolute atomic E-state index is 0.204. The minimum Gasteiger partial charge on any atom is -0.519 e. The van der Waals surface area contributed by atoms with Crippen LogP contribution in [-0.4, -0.2) is 49.0 Å². The predicted molar refractivity (Wildman–Crippen MR) is 156 cm³/mol. The van der Waals surface area contributed by atoms with E-state index >= 15 is 0 Å². The van der Waals surface area contributed by atoms with E-state index in [1.54, 1.807) is 30.3 Å². The van der Waals surface area contributed by atoms with Gasteiger partial charge in [0.25, 0.3) is 10.1 Å². The van der Waals surface area contributed by atoms with E-state index in [4.69, 9.17) is 9.31 Å². The number of carbonyl (C=O) groups is 1. The van der Waals surface area contributed by atoms with Crippen LogP contribution < -0.4 is 14.8 Å². The standard InChI is InChI=1S/C31H28BNO7S/c34-26-14-12-21(18-27(26)35)31(24-9-3-5-11-30(24)41(36,37)38)22-13-15-28-29(19-22)40-32(39-28)25-10-4-2-8-23(25)20-33-16-6-1-7-17-33/h2-5,8-15,18-19,35H,1,6-7,16-17,20H2,(H,36,37,38)/b31-21+. The van der Waals surface area contributed by atoms with Crippen LogP contribution in [0.15, 0.2) is 101 Å². The van der Waals surface area contributed by atoms with Gasteiger partial charge in [0.05, 0.1) is 0 Å². The van der Waals surface area contributed by atoms with E-state index in [9.17, 15) is 22.9 Å². The summed E-state index contributed by atoms with van der Waals surface area (Å²) in [4.78, 5) is 14.1. The number of piperidine rings is 1. The first-order valence-electron chi connectivity index (χ1n) is 13.5. The molecule has 3 aromatic rings. The number of aliphatic hydroxyl groups excluding tert-OH is 1. The Morgan fingerprint density at radius 3 is 2.41 bits per heavy atom. The quantitative estimate of drug-likeness (QED) is 0.331. The van der Waals surface area contributed by atoms with Crippen molar-refractivity contribution in [3.8, 4) is 11.5 Å². The summed E-state index contributed by atoms with van der Waals surface area (Å²) < 4.78 is 47.1. The third-order valence-corrected chi connectivity index (χ3v) is 8.45. The molecule has 0 spiro atoms. The summed E-state index contributed by atoms with van der Waals surface area (Å²) >= 11 is 0. The molecule has 3 aromatic carbocycles. The molecule has 0 saturated carbocycles. The van der Waals surface area contributed by atoms with Gasteiger partial charge in [-0.1, -0.05) is 61.0 Å². The van der Waals surface area contributed by atoms with E-state index in [0.29, 0.717) is 28.2 Å². The molecule has 6 rings (SSSR count). The molecule has 0 radical (unpaired) electrons. The maximum Gasteiger partial charge on any atom is 0.633 e. The number of likely N-dealkylation sites (tertiary alicyclic amines) is 1. The first-order chi connectivity index (χ1) is 19.8. The van der Waals surface area contributed by atoms with Gasteiger partial charge < -0.3 is 14.4 Å². The zero-order valence-electron chi connectivity index (χ0n) is 22.2. The van der Waals surface area contributed by atoms with Crippen LogP contribution in [0, 0.1) is 0 Å². The molecule has 0 aromatic heterocycles. The van der Waals surface area contributed by atoms with E-state index in [2.05, 4.69) is 11.0 Å². The summed E-state index contributed by atoms with van der Waals surface area (Å²) in [5, 5.41) is 10.2. The topological polar surface area (TPSA) is 113 Å². The molecule has 0 bridgehead atoms. The van der Waals surface area contributed by atoms with Gasteiger partial charge >= 0.3 is 7.12 Å². The van der Waals surface area contributed by atoms with Crippen molar-refractivity contribution < 1.29 is 32.2 Å². The Hall–Kier alpha value is -4.12. The molecule has 41 heavy (non-hydrogen) atoms. The fourth-order valence-corrected chi connectivity index (χ4v) is 6.25. The molecule has 208 valence electrons. The second kappa shape index (κ2) is 11.0. The molecule has 10 heteroatoms. The summed E-state index contributed by atoms with van der Waals surface area (Å²) in [5.41, 5.74) is 3.59. The maximum atomic E-state index is 12.3. The van der Waals surface area contributed by atoms with Crippen LogP contribution in [0.5, 0.6) is 11.5 Å². The number of hydrogen-bond acceptors (Lipinski definition) is 7. The van der Waals surface area contributed by atoms with Gasteiger partial charge in [-0.25, -0.2) is 0 Å². The average Bonchev–Trinajstić information content (AvgIpc) is 3.39. The SMILES string of the molecule is O=C1C=C/C(=C(/c2ccc3c(c2)OB(c2ccccc2CN2CCCCC2)O3)c2ccccc2S(=O)(=O)O)C=C1O. The van der Waals surface area contributed by atoms with Crippen molar-refractivity contribution in [1.82, 2.24) is 4.90 Å². The summed E-state index contributed by atoms with van der Waals surface area (Å²) in [6.45, 7) is 2.94. The van der Waals surface area contributed by atoms with E-state index in [1.165, 1.54) is 49.6 Å². The van der Waals surface area contributed by atoms with Gasteiger partial charge in [0, 0.05) is 17.6 Å². The monoisotopic (exact) mass is 569 g/mol. The highest BCUT2D eigenvalue weighted by Gasteiger charge is 2.36. The van der Waals surface area contributed by atoms with Crippen molar-refractivity contribution in [2.75, 3.05) is 13.1 Å². The zero-order chi connectivity index (χ0) is 28.6. The summed E-state index contributed by atoms with van der Waals surface area (Å²) in [7, 11) is -5.25. The first-order valence-corrected chi connectivity index (χ1v) is 14.9. The Labute approximate surface area is 239 Å². The summed E-state index contributed by atoms with van der Waals surface area (Å²) in [6.07, 6.45) is 7.65. The molecule has 0 amide bonds. The van der Waals surface area contributed by atoms with Gasteiger partial charge in [-0.05, 0) is 78.6 Å². The van der Waals surface area contributed by atoms with Crippen LogP contribution in [0.2, 0.25) is 0 Å². The highest BCUT2D eigenvalue weighted by molar-refractivity contribution is 7.86. The van der Waals surface area contributed by atoms with Crippen LogP contribution in [0.3, 0.4) is 0 Å². The smallest absolute Gasteiger partial charge is 0.519 e. The molecule has 2 heterocycles. The second-order valence-electron chi connectivity index (χ2n) is 10.3. The van der Waals surface area contributed by atoms with E-state index < -0.39 is 28.8 Å². The Morgan fingerprint density at radius 2 is 1.63 bits per heavy atom. The third kappa shape index (κ3) is 5.59. The lowest BCUT2D eigenvalue weighted by molar-refractivity contribution is -0.113. The van der Waals surface area contributed by atoms with Crippen molar-refractivity contribution >= 4 is 34.1 Å². The fourth-order valence-electron chi connectivity index (χ4n) is 5.55. The fraction of sp³-hybridized carbons (Fsp3) is 0.194. The Morgan fingerprint density at radius 1 is 0.902 bits per heavy atom. The minimum atomic E-state index is -4.59. The second-order valence-corrected chi connectivity index (χ2v) is 11.7. The Kier molecular flexibility index (Phi) is 7.29. The van der Waals surface area contributed by atoms with Crippen molar-refractivity contribution in [3.05, 3.63) is 113 Å². The van der Waals surface area contributed by atoms with Gasteiger partial charge in [-0.3, -0.25) is 14.2 Å².